The molecule has 1 heteroatoms. The fourth-order valence-electron chi connectivity index (χ4n) is 2.37. The fraction of sp³-hybridized carbons (Fsp3) is 0.158. The van der Waals surface area contributed by atoms with Crippen LogP contribution in [0.4, 0.5) is 0 Å². The van der Waals surface area contributed by atoms with E-state index in [0.717, 1.165) is 5.57 Å². The van der Waals surface area contributed by atoms with E-state index in [1.165, 1.54) is 26.5 Å². The van der Waals surface area contributed by atoms with Gasteiger partial charge in [0.25, 0.3) is 0 Å². The number of allylic oxidation sites excluding steroid dienone is 1. The molecule has 0 nitrogen and oxygen atoms in total. The summed E-state index contributed by atoms with van der Waals surface area (Å²) in [6.45, 7) is 4.42. The number of rotatable bonds is 1. The minimum absolute atomic E-state index is 0.509. The van der Waals surface area contributed by atoms with Gasteiger partial charge < -0.3 is 0 Å². The molecular weight excluding hydrogens is 260 g/mol. The highest BCUT2D eigenvalue weighted by molar-refractivity contribution is 7.99. The molecule has 2 aromatic rings. The highest BCUT2D eigenvalue weighted by atomic mass is 32.2. The number of hydrogen-bond donors (Lipinski definition) is 0. The van der Waals surface area contributed by atoms with Gasteiger partial charge in [0.15, 0.2) is 0 Å². The summed E-state index contributed by atoms with van der Waals surface area (Å²) in [4.78, 5) is 2.50. The standard InChI is InChI=1S/C19H16S/c1-4-14-11-16-7-5-6-8-18(16)20-19-10-9-15(13(2)3)12-17(14)19/h1,5-13H,2-3H3. The van der Waals surface area contributed by atoms with Gasteiger partial charge in [0, 0.05) is 20.9 Å². The van der Waals surface area contributed by atoms with Crippen LogP contribution >= 0.6 is 11.8 Å². The predicted molar refractivity (Wildman–Crippen MR) is 87.8 cm³/mol. The SMILES string of the molecule is C#CC1=Cc2ccccc2Sc2ccc(C(C)C)cc21. The third-order valence-corrected chi connectivity index (χ3v) is 4.72. The van der Waals surface area contributed by atoms with Gasteiger partial charge in [-0.15, -0.1) is 6.42 Å². The number of hydrogen-bond acceptors (Lipinski definition) is 1. The van der Waals surface area contributed by atoms with E-state index >= 15 is 0 Å². The zero-order chi connectivity index (χ0) is 14.1. The molecule has 2 aromatic carbocycles. The summed E-state index contributed by atoms with van der Waals surface area (Å²) in [6.07, 6.45) is 7.87. The number of fused-ring (bicyclic) bond motifs is 2. The Morgan fingerprint density at radius 1 is 1.05 bits per heavy atom. The Labute approximate surface area is 124 Å². The van der Waals surface area contributed by atoms with Crippen molar-refractivity contribution in [3.05, 3.63) is 59.2 Å². The van der Waals surface area contributed by atoms with Gasteiger partial charge in [-0.2, -0.15) is 0 Å². The van der Waals surface area contributed by atoms with Crippen LogP contribution in [-0.2, 0) is 0 Å². The number of benzene rings is 2. The first-order valence-corrected chi connectivity index (χ1v) is 7.60. The highest BCUT2D eigenvalue weighted by Crippen LogP contribution is 2.41. The molecule has 0 bridgehead atoms. The minimum atomic E-state index is 0.509. The van der Waals surface area contributed by atoms with Gasteiger partial charge in [-0.1, -0.05) is 55.8 Å². The molecule has 3 rings (SSSR count). The number of terminal acetylenes is 1. The maximum Gasteiger partial charge on any atom is 0.0332 e. The minimum Gasteiger partial charge on any atom is -0.115 e. The second kappa shape index (κ2) is 5.23. The van der Waals surface area contributed by atoms with Crippen LogP contribution in [0, 0.1) is 12.3 Å². The Hall–Kier alpha value is -1.91. The molecule has 0 spiro atoms. The molecule has 0 aliphatic carbocycles. The van der Waals surface area contributed by atoms with Crippen LogP contribution in [0.3, 0.4) is 0 Å². The molecule has 20 heavy (non-hydrogen) atoms. The van der Waals surface area contributed by atoms with E-state index in [2.05, 4.69) is 68.3 Å². The van der Waals surface area contributed by atoms with Crippen LogP contribution in [0.5, 0.6) is 0 Å². The van der Waals surface area contributed by atoms with Crippen molar-refractivity contribution in [2.45, 2.75) is 29.6 Å². The van der Waals surface area contributed by atoms with E-state index in [4.69, 9.17) is 6.42 Å². The fourth-order valence-corrected chi connectivity index (χ4v) is 3.41. The molecule has 0 aromatic heterocycles. The van der Waals surface area contributed by atoms with E-state index < -0.39 is 0 Å². The summed E-state index contributed by atoms with van der Waals surface area (Å²) in [5, 5.41) is 0. The third kappa shape index (κ3) is 2.28. The molecule has 0 saturated carbocycles. The second-order valence-corrected chi connectivity index (χ2v) is 6.34. The Morgan fingerprint density at radius 3 is 2.60 bits per heavy atom. The molecule has 1 aliphatic heterocycles. The van der Waals surface area contributed by atoms with Gasteiger partial charge in [0.1, 0.15) is 0 Å². The Kier molecular flexibility index (Phi) is 3.42. The molecule has 0 amide bonds. The molecule has 0 atom stereocenters. The molecule has 0 saturated heterocycles. The van der Waals surface area contributed by atoms with Crippen LogP contribution in [0.25, 0.3) is 11.6 Å². The summed E-state index contributed by atoms with van der Waals surface area (Å²) in [6, 6.07) is 15.0. The van der Waals surface area contributed by atoms with Crippen molar-refractivity contribution < 1.29 is 0 Å². The van der Waals surface area contributed by atoms with Gasteiger partial charge in [-0.25, -0.2) is 0 Å². The highest BCUT2D eigenvalue weighted by Gasteiger charge is 2.15. The Morgan fingerprint density at radius 2 is 1.85 bits per heavy atom. The molecule has 1 aliphatic rings. The Balaban J connectivity index is 2.22. The summed E-state index contributed by atoms with van der Waals surface area (Å²) < 4.78 is 0. The zero-order valence-corrected chi connectivity index (χ0v) is 12.5. The van der Waals surface area contributed by atoms with Crippen LogP contribution in [0.2, 0.25) is 0 Å². The van der Waals surface area contributed by atoms with E-state index in [1.54, 1.807) is 11.8 Å². The maximum absolute atomic E-state index is 5.74. The first-order valence-electron chi connectivity index (χ1n) is 6.78. The first-order chi connectivity index (χ1) is 9.69. The van der Waals surface area contributed by atoms with Crippen LogP contribution in [0.1, 0.15) is 36.5 Å². The van der Waals surface area contributed by atoms with Crippen molar-refractivity contribution >= 4 is 23.4 Å². The van der Waals surface area contributed by atoms with E-state index in [0.29, 0.717) is 5.92 Å². The normalized spacial score (nSPS) is 13.0. The van der Waals surface area contributed by atoms with Crippen LogP contribution < -0.4 is 0 Å². The molecule has 0 radical (unpaired) electrons. The topological polar surface area (TPSA) is 0 Å². The third-order valence-electron chi connectivity index (χ3n) is 3.55. The largest absolute Gasteiger partial charge is 0.115 e. The van der Waals surface area contributed by atoms with E-state index in [9.17, 15) is 0 Å². The molecule has 0 fully saturated rings. The van der Waals surface area contributed by atoms with Gasteiger partial charge >= 0.3 is 0 Å². The lowest BCUT2D eigenvalue weighted by molar-refractivity contribution is 0.864. The van der Waals surface area contributed by atoms with Gasteiger partial charge in [-0.05, 0) is 41.3 Å². The Bertz CT molecular complexity index is 730. The molecule has 0 unspecified atom stereocenters. The summed E-state index contributed by atoms with van der Waals surface area (Å²) in [7, 11) is 0. The van der Waals surface area contributed by atoms with Crippen molar-refractivity contribution in [3.8, 4) is 12.3 Å². The summed E-state index contributed by atoms with van der Waals surface area (Å²) in [5.41, 5.74) is 4.68. The van der Waals surface area contributed by atoms with E-state index in [-0.39, 0.29) is 0 Å². The average molecular weight is 276 g/mol. The summed E-state index contributed by atoms with van der Waals surface area (Å²) in [5.74, 6) is 3.36. The predicted octanol–water partition coefficient (Wildman–Crippen LogP) is 5.45. The smallest absolute Gasteiger partial charge is 0.0332 e. The maximum atomic E-state index is 5.74. The first kappa shape index (κ1) is 13.1. The van der Waals surface area contributed by atoms with Crippen molar-refractivity contribution in [3.63, 3.8) is 0 Å². The van der Waals surface area contributed by atoms with Crippen molar-refractivity contribution in [1.29, 1.82) is 0 Å². The lowest BCUT2D eigenvalue weighted by Gasteiger charge is -2.11. The molecule has 98 valence electrons. The molecule has 0 N–H and O–H groups in total. The van der Waals surface area contributed by atoms with E-state index in [1.807, 2.05) is 0 Å². The van der Waals surface area contributed by atoms with Crippen molar-refractivity contribution in [2.75, 3.05) is 0 Å². The quantitative estimate of drug-likeness (QED) is 0.624. The van der Waals surface area contributed by atoms with Crippen molar-refractivity contribution in [2.24, 2.45) is 0 Å². The van der Waals surface area contributed by atoms with Crippen LogP contribution in [0.15, 0.2) is 52.3 Å². The van der Waals surface area contributed by atoms with Crippen molar-refractivity contribution in [1.82, 2.24) is 0 Å². The summed E-state index contributed by atoms with van der Waals surface area (Å²) >= 11 is 1.80. The van der Waals surface area contributed by atoms with Gasteiger partial charge in [0.2, 0.25) is 0 Å². The van der Waals surface area contributed by atoms with Gasteiger partial charge in [0.05, 0.1) is 0 Å². The zero-order valence-electron chi connectivity index (χ0n) is 11.7. The van der Waals surface area contributed by atoms with Gasteiger partial charge in [-0.3, -0.25) is 0 Å². The average Bonchev–Trinajstić information content (AvgIpc) is 2.62. The monoisotopic (exact) mass is 276 g/mol. The molecular formula is C19H16S. The van der Waals surface area contributed by atoms with Crippen LogP contribution in [-0.4, -0.2) is 0 Å². The molecule has 1 heterocycles. The second-order valence-electron chi connectivity index (χ2n) is 5.25. The lowest BCUT2D eigenvalue weighted by atomic mass is 9.96. The lowest BCUT2D eigenvalue weighted by Crippen LogP contribution is -1.91.